The van der Waals surface area contributed by atoms with E-state index in [2.05, 4.69) is 27.7 Å². The van der Waals surface area contributed by atoms with E-state index >= 15 is 0 Å². The lowest BCUT2D eigenvalue weighted by atomic mass is 9.99. The fourth-order valence-electron chi connectivity index (χ4n) is 4.20. The van der Waals surface area contributed by atoms with Gasteiger partial charge < -0.3 is 10.6 Å². The van der Waals surface area contributed by atoms with Gasteiger partial charge in [0.1, 0.15) is 0 Å². The number of piperidine rings is 1. The Balaban J connectivity index is 1.45. The van der Waals surface area contributed by atoms with E-state index in [0.717, 1.165) is 29.8 Å². The highest BCUT2D eigenvalue weighted by atomic mass is 16.2. The SMILES string of the molecule is O=C(Nc1ccccc1-c1ccccc1)NC1CCN2CCCCC12. The van der Waals surface area contributed by atoms with Crippen LogP contribution in [0, 0.1) is 0 Å². The maximum absolute atomic E-state index is 12.6. The third-order valence-corrected chi connectivity index (χ3v) is 5.43. The maximum Gasteiger partial charge on any atom is 0.319 e. The zero-order valence-corrected chi connectivity index (χ0v) is 14.4. The van der Waals surface area contributed by atoms with Crippen LogP contribution in [0.5, 0.6) is 0 Å². The highest BCUT2D eigenvalue weighted by molar-refractivity contribution is 5.94. The first-order valence-electron chi connectivity index (χ1n) is 9.27. The lowest BCUT2D eigenvalue weighted by molar-refractivity contribution is 0.180. The molecular weight excluding hydrogens is 310 g/mol. The highest BCUT2D eigenvalue weighted by Crippen LogP contribution is 2.29. The molecule has 4 rings (SSSR count). The molecule has 0 spiro atoms. The van der Waals surface area contributed by atoms with Crippen LogP contribution in [0.3, 0.4) is 0 Å². The van der Waals surface area contributed by atoms with E-state index < -0.39 is 0 Å². The third kappa shape index (κ3) is 3.54. The van der Waals surface area contributed by atoms with Gasteiger partial charge in [-0.2, -0.15) is 0 Å². The van der Waals surface area contributed by atoms with Gasteiger partial charge in [-0.15, -0.1) is 0 Å². The Hall–Kier alpha value is -2.33. The van der Waals surface area contributed by atoms with Gasteiger partial charge in [0.05, 0.1) is 5.69 Å². The number of fused-ring (bicyclic) bond motifs is 1. The van der Waals surface area contributed by atoms with Crippen molar-refractivity contribution in [3.05, 3.63) is 54.6 Å². The minimum atomic E-state index is -0.0965. The number of nitrogens with one attached hydrogen (secondary N) is 2. The smallest absolute Gasteiger partial charge is 0.319 e. The number of hydrogen-bond donors (Lipinski definition) is 2. The molecule has 2 fully saturated rings. The van der Waals surface area contributed by atoms with E-state index in [0.29, 0.717) is 6.04 Å². The van der Waals surface area contributed by atoms with Gasteiger partial charge in [-0.25, -0.2) is 4.79 Å². The first-order valence-corrected chi connectivity index (χ1v) is 9.27. The van der Waals surface area contributed by atoms with Crippen LogP contribution in [-0.2, 0) is 0 Å². The average Bonchev–Trinajstić information content (AvgIpc) is 3.06. The van der Waals surface area contributed by atoms with Gasteiger partial charge >= 0.3 is 6.03 Å². The van der Waals surface area contributed by atoms with Crippen molar-refractivity contribution in [1.82, 2.24) is 10.2 Å². The van der Waals surface area contributed by atoms with Gasteiger partial charge in [-0.05, 0) is 37.4 Å². The van der Waals surface area contributed by atoms with E-state index in [4.69, 9.17) is 0 Å². The van der Waals surface area contributed by atoms with Crippen LogP contribution in [0.2, 0.25) is 0 Å². The number of para-hydroxylation sites is 1. The standard InChI is InChI=1S/C21H25N3O/c25-21(23-19-13-15-24-14-7-6-12-20(19)24)22-18-11-5-4-10-17(18)16-8-2-1-3-9-16/h1-5,8-11,19-20H,6-7,12-15H2,(H2,22,23,25). The summed E-state index contributed by atoms with van der Waals surface area (Å²) in [5.41, 5.74) is 3.01. The Morgan fingerprint density at radius 1 is 0.920 bits per heavy atom. The van der Waals surface area contributed by atoms with Crippen molar-refractivity contribution in [3.8, 4) is 11.1 Å². The predicted octanol–water partition coefficient (Wildman–Crippen LogP) is 4.10. The van der Waals surface area contributed by atoms with Gasteiger partial charge in [0, 0.05) is 24.2 Å². The number of rotatable bonds is 3. The van der Waals surface area contributed by atoms with Crippen LogP contribution in [0.25, 0.3) is 11.1 Å². The fraction of sp³-hybridized carbons (Fsp3) is 0.381. The minimum Gasteiger partial charge on any atom is -0.334 e. The molecule has 2 aromatic rings. The summed E-state index contributed by atoms with van der Waals surface area (Å²) in [6.07, 6.45) is 4.82. The van der Waals surface area contributed by atoms with E-state index in [1.165, 1.54) is 25.8 Å². The quantitative estimate of drug-likeness (QED) is 0.887. The molecule has 2 aliphatic heterocycles. The number of carbonyl (C=O) groups excluding carboxylic acids is 1. The van der Waals surface area contributed by atoms with Gasteiger partial charge in [-0.1, -0.05) is 55.0 Å². The van der Waals surface area contributed by atoms with Gasteiger partial charge in [0.2, 0.25) is 0 Å². The molecule has 4 nitrogen and oxygen atoms in total. The van der Waals surface area contributed by atoms with Crippen LogP contribution in [0.1, 0.15) is 25.7 Å². The molecule has 0 radical (unpaired) electrons. The number of urea groups is 1. The number of nitrogens with zero attached hydrogens (tertiary/aromatic N) is 1. The summed E-state index contributed by atoms with van der Waals surface area (Å²) >= 11 is 0. The third-order valence-electron chi connectivity index (χ3n) is 5.43. The summed E-state index contributed by atoms with van der Waals surface area (Å²) in [6, 6.07) is 18.8. The molecule has 0 aromatic heterocycles. The first kappa shape index (κ1) is 16.2. The number of amides is 2. The largest absolute Gasteiger partial charge is 0.334 e. The van der Waals surface area contributed by atoms with Crippen LogP contribution in [0.15, 0.2) is 54.6 Å². The molecule has 2 amide bonds. The van der Waals surface area contributed by atoms with Crippen LogP contribution in [-0.4, -0.2) is 36.1 Å². The topological polar surface area (TPSA) is 44.4 Å². The molecule has 4 heteroatoms. The summed E-state index contributed by atoms with van der Waals surface area (Å²) in [6.45, 7) is 2.29. The van der Waals surface area contributed by atoms with Crippen molar-refractivity contribution >= 4 is 11.7 Å². The molecule has 2 heterocycles. The second-order valence-corrected chi connectivity index (χ2v) is 7.00. The van der Waals surface area contributed by atoms with Crippen LogP contribution < -0.4 is 10.6 Å². The van der Waals surface area contributed by atoms with Crippen molar-refractivity contribution in [2.24, 2.45) is 0 Å². The molecule has 130 valence electrons. The van der Waals surface area contributed by atoms with Crippen LogP contribution in [0.4, 0.5) is 10.5 Å². The summed E-state index contributed by atoms with van der Waals surface area (Å²) in [5.74, 6) is 0. The molecule has 2 atom stereocenters. The lowest BCUT2D eigenvalue weighted by Gasteiger charge is -2.32. The molecular formula is C21H25N3O. The first-order chi connectivity index (χ1) is 12.3. The Kier molecular flexibility index (Phi) is 4.70. The number of carbonyl (C=O) groups is 1. The lowest BCUT2D eigenvalue weighted by Crippen LogP contribution is -2.48. The Morgan fingerprint density at radius 2 is 1.72 bits per heavy atom. The summed E-state index contributed by atoms with van der Waals surface area (Å²) in [5, 5.41) is 6.28. The maximum atomic E-state index is 12.6. The normalized spacial score (nSPS) is 23.0. The van der Waals surface area contributed by atoms with E-state index in [-0.39, 0.29) is 12.1 Å². The van der Waals surface area contributed by atoms with E-state index in [9.17, 15) is 4.79 Å². The zero-order chi connectivity index (χ0) is 17.1. The molecule has 0 saturated carbocycles. The van der Waals surface area contributed by atoms with E-state index in [1.54, 1.807) is 0 Å². The molecule has 0 aliphatic carbocycles. The number of anilines is 1. The molecule has 2 aliphatic rings. The Labute approximate surface area is 149 Å². The summed E-state index contributed by atoms with van der Waals surface area (Å²) in [7, 11) is 0. The van der Waals surface area contributed by atoms with Crippen molar-refractivity contribution in [2.45, 2.75) is 37.8 Å². The number of hydrogen-bond acceptors (Lipinski definition) is 2. The predicted molar refractivity (Wildman–Crippen MR) is 102 cm³/mol. The van der Waals surface area contributed by atoms with Gasteiger partial charge in [-0.3, -0.25) is 4.90 Å². The molecule has 2 unspecified atom stereocenters. The molecule has 0 bridgehead atoms. The Morgan fingerprint density at radius 3 is 2.60 bits per heavy atom. The monoisotopic (exact) mass is 335 g/mol. The Bertz CT molecular complexity index is 731. The highest BCUT2D eigenvalue weighted by Gasteiger charge is 2.36. The van der Waals surface area contributed by atoms with Crippen molar-refractivity contribution in [3.63, 3.8) is 0 Å². The van der Waals surface area contributed by atoms with Crippen LogP contribution >= 0.6 is 0 Å². The molecule has 2 aromatic carbocycles. The number of benzene rings is 2. The zero-order valence-electron chi connectivity index (χ0n) is 14.4. The van der Waals surface area contributed by atoms with Crippen molar-refractivity contribution < 1.29 is 4.79 Å². The second-order valence-electron chi connectivity index (χ2n) is 7.00. The van der Waals surface area contributed by atoms with Gasteiger partial charge in [0.15, 0.2) is 0 Å². The van der Waals surface area contributed by atoms with Crippen molar-refractivity contribution in [2.75, 3.05) is 18.4 Å². The second kappa shape index (κ2) is 7.28. The molecule has 2 N–H and O–H groups in total. The van der Waals surface area contributed by atoms with Gasteiger partial charge in [0.25, 0.3) is 0 Å². The fourth-order valence-corrected chi connectivity index (χ4v) is 4.20. The van der Waals surface area contributed by atoms with E-state index in [1.807, 2.05) is 42.5 Å². The minimum absolute atomic E-state index is 0.0965. The average molecular weight is 335 g/mol. The summed E-state index contributed by atoms with van der Waals surface area (Å²) < 4.78 is 0. The molecule has 25 heavy (non-hydrogen) atoms. The molecule has 2 saturated heterocycles. The van der Waals surface area contributed by atoms with Crippen molar-refractivity contribution in [1.29, 1.82) is 0 Å². The summed E-state index contributed by atoms with van der Waals surface area (Å²) in [4.78, 5) is 15.1.